The summed E-state index contributed by atoms with van der Waals surface area (Å²) in [5.41, 5.74) is 1.29. The Morgan fingerprint density at radius 3 is 2.74 bits per heavy atom. The quantitative estimate of drug-likeness (QED) is 0.616. The number of nitrogens with zero attached hydrogens (tertiary/aromatic N) is 3. The number of nitrogens with one attached hydrogen (secondary N) is 1. The number of carbonyl (C=O) groups is 2. The van der Waals surface area contributed by atoms with Crippen LogP contribution in [0.5, 0.6) is 0 Å². The first-order chi connectivity index (χ1) is 16.9. The molecule has 2 atom stereocenters. The van der Waals surface area contributed by atoms with Crippen molar-refractivity contribution in [3.05, 3.63) is 24.1 Å². The van der Waals surface area contributed by atoms with Crippen molar-refractivity contribution in [2.24, 2.45) is 5.92 Å². The van der Waals surface area contributed by atoms with Gasteiger partial charge < -0.3 is 24.1 Å². The van der Waals surface area contributed by atoms with Crippen LogP contribution >= 0.6 is 0 Å². The first-order valence-electron chi connectivity index (χ1n) is 13.8. The van der Waals surface area contributed by atoms with E-state index in [0.717, 1.165) is 56.6 Å². The van der Waals surface area contributed by atoms with Crippen LogP contribution in [0.2, 0.25) is 0 Å². The molecule has 3 aliphatic rings. The van der Waals surface area contributed by atoms with Crippen LogP contribution in [0, 0.1) is 5.92 Å². The number of carbonyl (C=O) groups excluding carboxylic acids is 2. The monoisotopic (exact) mass is 482 g/mol. The molecule has 5 rings (SSSR count). The molecule has 1 saturated heterocycles. The highest BCUT2D eigenvalue weighted by atomic mass is 16.3. The van der Waals surface area contributed by atoms with Gasteiger partial charge in [0.25, 0.3) is 5.91 Å². The van der Waals surface area contributed by atoms with Crippen molar-refractivity contribution in [2.45, 2.75) is 103 Å². The molecule has 0 spiro atoms. The highest BCUT2D eigenvalue weighted by molar-refractivity contribution is 6.02. The summed E-state index contributed by atoms with van der Waals surface area (Å²) in [5.74, 6) is 0.638. The number of hydrogen-bond donors (Lipinski definition) is 1. The largest absolute Gasteiger partial charge is 0.463 e. The number of fused-ring (bicyclic) bond motifs is 3. The van der Waals surface area contributed by atoms with Crippen LogP contribution < -0.4 is 5.32 Å². The molecule has 35 heavy (non-hydrogen) atoms. The normalized spacial score (nSPS) is 30.0. The minimum atomic E-state index is -0.928. The van der Waals surface area contributed by atoms with Crippen LogP contribution in [0.15, 0.2) is 22.8 Å². The molecule has 2 fully saturated rings. The molecule has 7 nitrogen and oxygen atoms in total. The van der Waals surface area contributed by atoms with Gasteiger partial charge in [-0.3, -0.25) is 9.59 Å². The Morgan fingerprint density at radius 1 is 1.17 bits per heavy atom. The number of likely N-dealkylation sites (tertiary alicyclic amines) is 1. The molecule has 4 heterocycles. The van der Waals surface area contributed by atoms with Gasteiger partial charge in [-0.2, -0.15) is 0 Å². The Labute approximate surface area is 209 Å². The number of piperidine rings is 1. The lowest BCUT2D eigenvalue weighted by Gasteiger charge is -2.45. The highest BCUT2D eigenvalue weighted by Crippen LogP contribution is 2.34. The molecule has 1 N–H and O–H groups in total. The minimum absolute atomic E-state index is 0.0224. The van der Waals surface area contributed by atoms with Crippen LogP contribution in [0.1, 0.15) is 89.0 Å². The molecule has 192 valence electrons. The zero-order chi connectivity index (χ0) is 24.6. The van der Waals surface area contributed by atoms with E-state index in [9.17, 15) is 9.59 Å². The molecule has 0 unspecified atom stereocenters. The van der Waals surface area contributed by atoms with Gasteiger partial charge in [-0.1, -0.05) is 20.3 Å². The van der Waals surface area contributed by atoms with E-state index in [2.05, 4.69) is 24.1 Å². The maximum absolute atomic E-state index is 13.8. The van der Waals surface area contributed by atoms with E-state index in [0.29, 0.717) is 30.4 Å². The predicted molar refractivity (Wildman–Crippen MR) is 137 cm³/mol. The van der Waals surface area contributed by atoms with Crippen LogP contribution in [-0.2, 0) is 11.3 Å². The van der Waals surface area contributed by atoms with E-state index in [4.69, 9.17) is 4.42 Å². The summed E-state index contributed by atoms with van der Waals surface area (Å²) in [6, 6.07) is 4.58. The van der Waals surface area contributed by atoms with E-state index >= 15 is 0 Å². The summed E-state index contributed by atoms with van der Waals surface area (Å²) >= 11 is 0. The van der Waals surface area contributed by atoms with Crippen molar-refractivity contribution in [2.75, 3.05) is 19.6 Å². The van der Waals surface area contributed by atoms with E-state index in [1.807, 2.05) is 28.5 Å². The summed E-state index contributed by atoms with van der Waals surface area (Å²) < 4.78 is 7.58. The Morgan fingerprint density at radius 2 is 1.97 bits per heavy atom. The second kappa shape index (κ2) is 10.00. The second-order valence-corrected chi connectivity index (χ2v) is 11.4. The summed E-state index contributed by atoms with van der Waals surface area (Å²) in [5, 5.41) is 3.34. The van der Waals surface area contributed by atoms with Gasteiger partial charge in [-0.25, -0.2) is 0 Å². The van der Waals surface area contributed by atoms with Gasteiger partial charge in [0.05, 0.1) is 18.3 Å². The van der Waals surface area contributed by atoms with Gasteiger partial charge in [0.1, 0.15) is 11.2 Å². The first kappa shape index (κ1) is 24.4. The van der Waals surface area contributed by atoms with Crippen LogP contribution in [0.4, 0.5) is 0 Å². The fourth-order valence-corrected chi connectivity index (χ4v) is 6.62. The number of amides is 2. The van der Waals surface area contributed by atoms with E-state index in [1.54, 1.807) is 6.26 Å². The van der Waals surface area contributed by atoms with Crippen LogP contribution in [0.25, 0.3) is 11.1 Å². The van der Waals surface area contributed by atoms with Crippen LogP contribution in [-0.4, -0.2) is 63.4 Å². The average molecular weight is 483 g/mol. The molecule has 2 aromatic rings. The zero-order valence-electron chi connectivity index (χ0n) is 21.7. The third-order valence-corrected chi connectivity index (χ3v) is 8.94. The Bertz CT molecular complexity index is 1050. The highest BCUT2D eigenvalue weighted by Gasteiger charge is 2.48. The zero-order valence-corrected chi connectivity index (χ0v) is 21.7. The smallest absolute Gasteiger partial charge is 0.271 e. The number of hydrogen-bond acceptors (Lipinski definition) is 4. The summed E-state index contributed by atoms with van der Waals surface area (Å²) in [6.45, 7) is 9.67. The van der Waals surface area contributed by atoms with Crippen molar-refractivity contribution in [3.8, 4) is 0 Å². The standard InChI is InChI=1S/C28H42N4O3/c1-4-22-8-5-6-14-30(22)15-7-16-32-26(33)24-18-25-23(13-17-35-25)31(24)19-28(32,3)27(34)29-21-11-9-20(2)10-12-21/h13,17-18,20-22H,4-12,14-16,19H2,1-3H3,(H,29,34)/t20?,21?,22-,28+/m0/s1. The lowest BCUT2D eigenvalue weighted by Crippen LogP contribution is -2.65. The van der Waals surface area contributed by atoms with Gasteiger partial charge in [-0.15, -0.1) is 0 Å². The lowest BCUT2D eigenvalue weighted by molar-refractivity contribution is -0.133. The third kappa shape index (κ3) is 4.64. The maximum Gasteiger partial charge on any atom is 0.271 e. The fraction of sp³-hybridized carbons (Fsp3) is 0.714. The summed E-state index contributed by atoms with van der Waals surface area (Å²) in [4.78, 5) is 32.1. The van der Waals surface area contributed by atoms with Crippen molar-refractivity contribution in [1.82, 2.24) is 19.7 Å². The summed E-state index contributed by atoms with van der Waals surface area (Å²) in [7, 11) is 0. The molecule has 0 radical (unpaired) electrons. The van der Waals surface area contributed by atoms with Gasteiger partial charge in [0.2, 0.25) is 5.91 Å². The number of rotatable bonds is 7. The topological polar surface area (TPSA) is 70.7 Å². The maximum atomic E-state index is 13.8. The second-order valence-electron chi connectivity index (χ2n) is 11.4. The Balaban J connectivity index is 1.36. The lowest BCUT2D eigenvalue weighted by atomic mass is 9.86. The first-order valence-corrected chi connectivity index (χ1v) is 13.8. The van der Waals surface area contributed by atoms with Crippen molar-refractivity contribution in [1.29, 1.82) is 0 Å². The van der Waals surface area contributed by atoms with Gasteiger partial charge >= 0.3 is 0 Å². The van der Waals surface area contributed by atoms with E-state index in [1.165, 1.54) is 25.7 Å². The molecular formula is C28H42N4O3. The van der Waals surface area contributed by atoms with Gasteiger partial charge in [-0.05, 0) is 70.8 Å². The molecule has 0 bridgehead atoms. The van der Waals surface area contributed by atoms with Crippen molar-refractivity contribution < 1.29 is 14.0 Å². The number of furan rings is 1. The fourth-order valence-electron chi connectivity index (χ4n) is 6.62. The minimum Gasteiger partial charge on any atom is -0.463 e. The Kier molecular flexibility index (Phi) is 6.97. The predicted octanol–water partition coefficient (Wildman–Crippen LogP) is 4.80. The third-order valence-electron chi connectivity index (χ3n) is 8.94. The molecule has 2 aliphatic heterocycles. The molecule has 1 aliphatic carbocycles. The molecule has 0 aromatic carbocycles. The van der Waals surface area contributed by atoms with E-state index in [-0.39, 0.29) is 17.9 Å². The van der Waals surface area contributed by atoms with Gasteiger partial charge in [0, 0.05) is 37.3 Å². The van der Waals surface area contributed by atoms with Gasteiger partial charge in [0.15, 0.2) is 5.58 Å². The molecule has 1 saturated carbocycles. The molecular weight excluding hydrogens is 440 g/mol. The SMILES string of the molecule is CC[C@H]1CCCCN1CCCN1C(=O)c2cc3occc3n2C[C@]1(C)C(=O)NC1CCC(C)CC1. The molecule has 2 amide bonds. The summed E-state index contributed by atoms with van der Waals surface area (Å²) in [6.07, 6.45) is 11.9. The van der Waals surface area contributed by atoms with Crippen LogP contribution in [0.3, 0.4) is 0 Å². The van der Waals surface area contributed by atoms with Crippen molar-refractivity contribution >= 4 is 22.9 Å². The van der Waals surface area contributed by atoms with Crippen molar-refractivity contribution in [3.63, 3.8) is 0 Å². The molecule has 2 aromatic heterocycles. The molecule has 7 heteroatoms. The Hall–Kier alpha value is -2.28. The number of aromatic nitrogens is 1. The average Bonchev–Trinajstić information content (AvgIpc) is 3.45. The van der Waals surface area contributed by atoms with E-state index < -0.39 is 5.54 Å².